The Morgan fingerprint density at radius 2 is 1.82 bits per heavy atom. The molecule has 4 fully saturated rings. The molecule has 10 rings (SSSR count). The molecule has 44 heavy (non-hydrogen) atoms. The van der Waals surface area contributed by atoms with Gasteiger partial charge in [-0.1, -0.05) is 36.4 Å². The molecule has 4 aliphatic heterocycles. The summed E-state index contributed by atoms with van der Waals surface area (Å²) in [7, 11) is 0. The van der Waals surface area contributed by atoms with Crippen molar-refractivity contribution in [2.24, 2.45) is 11.8 Å². The largest absolute Gasteiger partial charge is 0.485 e. The first-order valence-corrected chi connectivity index (χ1v) is 16.7. The van der Waals surface area contributed by atoms with Gasteiger partial charge in [0.05, 0.1) is 11.7 Å². The van der Waals surface area contributed by atoms with Crippen molar-refractivity contribution in [2.45, 2.75) is 74.7 Å². The highest BCUT2D eigenvalue weighted by molar-refractivity contribution is 5.98. The highest BCUT2D eigenvalue weighted by Crippen LogP contribution is 2.64. The molecule has 6 atom stereocenters. The average Bonchev–Trinajstić information content (AvgIpc) is 3.95. The van der Waals surface area contributed by atoms with E-state index in [9.17, 15) is 4.79 Å². The Balaban J connectivity index is 0.878. The van der Waals surface area contributed by atoms with Gasteiger partial charge in [-0.3, -0.25) is 9.69 Å². The molecule has 2 saturated heterocycles. The molecular formula is C37H38N2O5. The van der Waals surface area contributed by atoms with Crippen LogP contribution in [0.4, 0.5) is 0 Å². The molecule has 2 saturated carbocycles. The summed E-state index contributed by atoms with van der Waals surface area (Å²) in [4.78, 5) is 16.5. The van der Waals surface area contributed by atoms with E-state index in [-0.39, 0.29) is 30.3 Å². The van der Waals surface area contributed by atoms with Crippen molar-refractivity contribution in [1.82, 2.24) is 10.2 Å². The number of likely N-dealkylation sites (tertiary alicyclic amines) is 1. The first kappa shape index (κ1) is 25.7. The van der Waals surface area contributed by atoms with Crippen LogP contribution in [0.15, 0.2) is 54.6 Å². The lowest BCUT2D eigenvalue weighted by Crippen LogP contribution is -2.63. The molecular weight excluding hydrogens is 552 g/mol. The summed E-state index contributed by atoms with van der Waals surface area (Å²) < 4.78 is 24.1. The number of rotatable bonds is 7. The van der Waals surface area contributed by atoms with Gasteiger partial charge in [-0.15, -0.1) is 0 Å². The maximum absolute atomic E-state index is 13.7. The number of amides is 1. The number of ether oxygens (including phenoxy) is 4. The molecule has 1 N–H and O–H groups in total. The zero-order valence-corrected chi connectivity index (χ0v) is 24.9. The van der Waals surface area contributed by atoms with Crippen LogP contribution in [-0.4, -0.2) is 61.6 Å². The zero-order valence-electron chi connectivity index (χ0n) is 24.9. The SMILES string of the molecule is O=C(NCCc1ccc(-c2ccc3c(c2)OCO3)cc1)c1ccc2c3c1OC1C4OC4CCC4C(C2)N(CC2CC2)CCC341. The van der Waals surface area contributed by atoms with Crippen LogP contribution in [0.25, 0.3) is 11.1 Å². The Bertz CT molecular complexity index is 1670. The van der Waals surface area contributed by atoms with Gasteiger partial charge in [-0.25, -0.2) is 0 Å². The lowest BCUT2D eigenvalue weighted by Gasteiger charge is -2.56. The highest BCUT2D eigenvalue weighted by Gasteiger charge is 2.69. The maximum atomic E-state index is 13.7. The third-order valence-electron chi connectivity index (χ3n) is 11.8. The van der Waals surface area contributed by atoms with Crippen molar-refractivity contribution in [1.29, 1.82) is 0 Å². The Morgan fingerprint density at radius 3 is 2.70 bits per heavy atom. The molecule has 0 radical (unpaired) electrons. The van der Waals surface area contributed by atoms with Crippen LogP contribution in [0.3, 0.4) is 0 Å². The summed E-state index contributed by atoms with van der Waals surface area (Å²) in [6, 6.07) is 19.4. The smallest absolute Gasteiger partial charge is 0.255 e. The second kappa shape index (κ2) is 9.48. The van der Waals surface area contributed by atoms with Crippen molar-refractivity contribution in [3.8, 4) is 28.4 Å². The summed E-state index contributed by atoms with van der Waals surface area (Å²) >= 11 is 0. The molecule has 226 valence electrons. The minimum Gasteiger partial charge on any atom is -0.485 e. The third kappa shape index (κ3) is 3.84. The second-order valence-electron chi connectivity index (χ2n) is 14.1. The monoisotopic (exact) mass is 590 g/mol. The maximum Gasteiger partial charge on any atom is 0.255 e. The molecule has 7 heteroatoms. The van der Waals surface area contributed by atoms with E-state index in [4.69, 9.17) is 18.9 Å². The van der Waals surface area contributed by atoms with E-state index in [0.717, 1.165) is 66.5 Å². The van der Waals surface area contributed by atoms with Gasteiger partial charge in [-0.05, 0) is 104 Å². The van der Waals surface area contributed by atoms with E-state index in [1.54, 1.807) is 0 Å². The lowest BCUT2D eigenvalue weighted by atomic mass is 9.55. The molecule has 3 aromatic carbocycles. The fourth-order valence-electron chi connectivity index (χ4n) is 9.44. The number of piperidine rings is 1. The van der Waals surface area contributed by atoms with E-state index >= 15 is 0 Å². The van der Waals surface area contributed by atoms with Crippen LogP contribution in [0.5, 0.6) is 17.2 Å². The van der Waals surface area contributed by atoms with E-state index in [1.165, 1.54) is 42.5 Å². The van der Waals surface area contributed by atoms with Crippen LogP contribution < -0.4 is 19.5 Å². The summed E-state index contributed by atoms with van der Waals surface area (Å²) in [5.74, 6) is 3.89. The number of carbonyl (C=O) groups excluding carboxylic acids is 1. The number of hydrogen-bond acceptors (Lipinski definition) is 6. The Labute approximate surface area is 257 Å². The molecule has 0 aromatic heterocycles. The number of carbonyl (C=O) groups is 1. The average molecular weight is 591 g/mol. The summed E-state index contributed by atoms with van der Waals surface area (Å²) in [6.07, 6.45) is 8.64. The summed E-state index contributed by atoms with van der Waals surface area (Å²) in [5.41, 5.74) is 6.85. The lowest BCUT2D eigenvalue weighted by molar-refractivity contribution is -0.0373. The van der Waals surface area contributed by atoms with Crippen LogP contribution in [-0.2, 0) is 23.0 Å². The fourth-order valence-corrected chi connectivity index (χ4v) is 9.44. The van der Waals surface area contributed by atoms with Crippen LogP contribution >= 0.6 is 0 Å². The second-order valence-corrected chi connectivity index (χ2v) is 14.1. The first-order valence-electron chi connectivity index (χ1n) is 16.7. The third-order valence-corrected chi connectivity index (χ3v) is 11.8. The van der Waals surface area contributed by atoms with E-state index in [1.807, 2.05) is 18.2 Å². The van der Waals surface area contributed by atoms with Gasteiger partial charge >= 0.3 is 0 Å². The van der Waals surface area contributed by atoms with E-state index in [0.29, 0.717) is 30.2 Å². The molecule has 6 unspecified atom stereocenters. The number of nitrogens with zero attached hydrogens (tertiary/aromatic N) is 1. The topological polar surface area (TPSA) is 72.6 Å². The van der Waals surface area contributed by atoms with Gasteiger partial charge < -0.3 is 24.3 Å². The Kier molecular flexibility index (Phi) is 5.54. The Morgan fingerprint density at radius 1 is 0.955 bits per heavy atom. The molecule has 7 nitrogen and oxygen atoms in total. The number of benzene rings is 3. The van der Waals surface area contributed by atoms with Gasteiger partial charge in [0, 0.05) is 30.1 Å². The molecule has 4 heterocycles. The van der Waals surface area contributed by atoms with E-state index < -0.39 is 0 Å². The van der Waals surface area contributed by atoms with Crippen molar-refractivity contribution in [2.75, 3.05) is 26.4 Å². The first-order chi connectivity index (χ1) is 21.7. The van der Waals surface area contributed by atoms with Crippen LogP contribution in [0.1, 0.15) is 59.2 Å². The quantitative estimate of drug-likeness (QED) is 0.378. The number of hydrogen-bond donors (Lipinski definition) is 1. The predicted molar refractivity (Wildman–Crippen MR) is 164 cm³/mol. The summed E-state index contributed by atoms with van der Waals surface area (Å²) in [5, 5.41) is 3.22. The van der Waals surface area contributed by atoms with Gasteiger partial charge in [0.1, 0.15) is 18.0 Å². The highest BCUT2D eigenvalue weighted by atomic mass is 16.7. The predicted octanol–water partition coefficient (Wildman–Crippen LogP) is 5.27. The normalized spacial score (nSPS) is 31.9. The van der Waals surface area contributed by atoms with Crippen molar-refractivity contribution < 1.29 is 23.7 Å². The van der Waals surface area contributed by atoms with Crippen LogP contribution in [0, 0.1) is 11.8 Å². The van der Waals surface area contributed by atoms with E-state index in [2.05, 4.69) is 46.6 Å². The van der Waals surface area contributed by atoms with Gasteiger partial charge in [-0.2, -0.15) is 0 Å². The van der Waals surface area contributed by atoms with Gasteiger partial charge in [0.15, 0.2) is 11.5 Å². The van der Waals surface area contributed by atoms with Crippen LogP contribution in [0.2, 0.25) is 0 Å². The van der Waals surface area contributed by atoms with Crippen molar-refractivity contribution >= 4 is 5.91 Å². The molecule has 2 bridgehead atoms. The molecule has 1 amide bonds. The zero-order chi connectivity index (χ0) is 29.0. The standard InChI is InChI=1S/C37H38N2O5/c40-36(38-15-13-21-3-5-23(6-4-21)24-8-11-29-31(18-24)42-20-41-29)26-9-7-25-17-28-27-10-12-30-34(43-30)35-37(27,32(25)33(26)44-35)14-16-39(28)19-22-1-2-22/h3-9,11,18,22,27-28,30,34-35H,1-2,10,12-17,19-20H2,(H,38,40). The molecule has 1 spiro atoms. The number of epoxide rings is 1. The van der Waals surface area contributed by atoms with Gasteiger partial charge in [0.25, 0.3) is 5.91 Å². The molecule has 3 aliphatic carbocycles. The minimum absolute atomic E-state index is 0.0143. The Hall–Kier alpha value is -3.55. The molecule has 7 aliphatic rings. The number of nitrogens with one attached hydrogen (secondary N) is 1. The minimum atomic E-state index is -0.0363. The number of fused-ring (bicyclic) bond motifs is 3. The van der Waals surface area contributed by atoms with Gasteiger partial charge in [0.2, 0.25) is 6.79 Å². The molecule has 3 aromatic rings. The summed E-state index contributed by atoms with van der Waals surface area (Å²) in [6.45, 7) is 3.25. The van der Waals surface area contributed by atoms with Crippen molar-refractivity contribution in [3.63, 3.8) is 0 Å². The van der Waals surface area contributed by atoms with Crippen molar-refractivity contribution in [3.05, 3.63) is 76.9 Å². The fraction of sp³-hybridized carbons (Fsp3) is 0.486.